The highest BCUT2D eigenvalue weighted by Gasteiger charge is 2.02. The van der Waals surface area contributed by atoms with Gasteiger partial charge in [-0.3, -0.25) is 0 Å². The highest BCUT2D eigenvalue weighted by Crippen LogP contribution is 2.11. The lowest BCUT2D eigenvalue weighted by Gasteiger charge is -2.09. The molecule has 0 saturated heterocycles. The van der Waals surface area contributed by atoms with Gasteiger partial charge in [-0.25, -0.2) is 0 Å². The number of hydrogen-bond donors (Lipinski definition) is 1. The highest BCUT2D eigenvalue weighted by molar-refractivity contribution is 5.78. The Morgan fingerprint density at radius 2 is 1.78 bits per heavy atom. The van der Waals surface area contributed by atoms with Crippen LogP contribution < -0.4 is 0 Å². The van der Waals surface area contributed by atoms with Gasteiger partial charge in [0.2, 0.25) is 0 Å². The van der Waals surface area contributed by atoms with E-state index in [1.165, 1.54) is 12.8 Å². The summed E-state index contributed by atoms with van der Waals surface area (Å²) in [6.45, 7) is 6.27. The molecule has 0 bridgehead atoms. The maximum atomic E-state index is 7.23. The van der Waals surface area contributed by atoms with E-state index >= 15 is 0 Å². The Hall–Kier alpha value is -0.330. The Bertz CT molecular complexity index is 82.6. The van der Waals surface area contributed by atoms with Crippen molar-refractivity contribution in [2.24, 2.45) is 5.92 Å². The molecule has 1 N–H and O–H groups in total. The average Bonchev–Trinajstić information content (AvgIpc) is 1.82. The summed E-state index contributed by atoms with van der Waals surface area (Å²) >= 11 is 0. The molecule has 1 nitrogen and oxygen atoms in total. The molecule has 0 spiro atoms. The van der Waals surface area contributed by atoms with E-state index in [4.69, 9.17) is 5.41 Å². The first kappa shape index (κ1) is 8.67. The summed E-state index contributed by atoms with van der Waals surface area (Å²) in [6.07, 6.45) is 3.42. The first-order valence-electron chi connectivity index (χ1n) is 3.74. The van der Waals surface area contributed by atoms with Crippen LogP contribution in [0.3, 0.4) is 0 Å². The molecule has 0 atom stereocenters. The SMILES string of the molecule is CCC(CC)CC(C)=N. The molecule has 0 unspecified atom stereocenters. The molecular formula is C8H17N. The smallest absolute Gasteiger partial charge is 0.00609 e. The molecule has 0 rings (SSSR count). The molecule has 1 heteroatoms. The summed E-state index contributed by atoms with van der Waals surface area (Å²) in [5.41, 5.74) is 0.823. The Morgan fingerprint density at radius 1 is 1.33 bits per heavy atom. The van der Waals surface area contributed by atoms with Crippen molar-refractivity contribution in [3.8, 4) is 0 Å². The second-order valence-electron chi connectivity index (χ2n) is 2.67. The van der Waals surface area contributed by atoms with Crippen molar-refractivity contribution in [2.75, 3.05) is 0 Å². The summed E-state index contributed by atoms with van der Waals surface area (Å²) in [4.78, 5) is 0. The Morgan fingerprint density at radius 3 is 1.89 bits per heavy atom. The van der Waals surface area contributed by atoms with Gasteiger partial charge in [0.1, 0.15) is 0 Å². The summed E-state index contributed by atoms with van der Waals surface area (Å²) in [5, 5.41) is 7.23. The van der Waals surface area contributed by atoms with E-state index in [0.29, 0.717) is 0 Å². The zero-order valence-corrected chi connectivity index (χ0v) is 6.70. The Balaban J connectivity index is 3.43. The highest BCUT2D eigenvalue weighted by atomic mass is 14.4. The zero-order chi connectivity index (χ0) is 7.28. The fraction of sp³-hybridized carbons (Fsp3) is 0.875. The zero-order valence-electron chi connectivity index (χ0n) is 6.70. The van der Waals surface area contributed by atoms with Crippen LogP contribution in [-0.4, -0.2) is 5.71 Å². The van der Waals surface area contributed by atoms with E-state index in [2.05, 4.69) is 13.8 Å². The van der Waals surface area contributed by atoms with Crippen LogP contribution in [-0.2, 0) is 0 Å². The molecular weight excluding hydrogens is 110 g/mol. The predicted molar refractivity (Wildman–Crippen MR) is 42.1 cm³/mol. The predicted octanol–water partition coefficient (Wildman–Crippen LogP) is 2.85. The normalized spacial score (nSPS) is 10.2. The molecule has 0 fully saturated rings. The molecule has 0 aromatic rings. The number of rotatable bonds is 4. The van der Waals surface area contributed by atoms with Crippen LogP contribution in [0.5, 0.6) is 0 Å². The van der Waals surface area contributed by atoms with E-state index in [9.17, 15) is 0 Å². The van der Waals surface area contributed by atoms with Crippen LogP contribution in [0, 0.1) is 11.3 Å². The molecule has 0 saturated carbocycles. The first-order valence-corrected chi connectivity index (χ1v) is 3.74. The lowest BCUT2D eigenvalue weighted by molar-refractivity contribution is 0.510. The maximum Gasteiger partial charge on any atom is 0.00609 e. The maximum absolute atomic E-state index is 7.23. The van der Waals surface area contributed by atoms with Crippen LogP contribution in [0.15, 0.2) is 0 Å². The van der Waals surface area contributed by atoms with Crippen molar-refractivity contribution in [1.82, 2.24) is 0 Å². The molecule has 0 aliphatic heterocycles. The third-order valence-corrected chi connectivity index (χ3v) is 1.75. The van der Waals surface area contributed by atoms with Crippen LogP contribution >= 0.6 is 0 Å². The molecule has 54 valence electrons. The van der Waals surface area contributed by atoms with Crippen molar-refractivity contribution in [3.63, 3.8) is 0 Å². The number of hydrogen-bond acceptors (Lipinski definition) is 1. The molecule has 0 aromatic heterocycles. The van der Waals surface area contributed by atoms with Crippen LogP contribution in [0.25, 0.3) is 0 Å². The third kappa shape index (κ3) is 4.19. The molecule has 0 heterocycles. The van der Waals surface area contributed by atoms with E-state index in [1.807, 2.05) is 6.92 Å². The molecule has 0 aliphatic rings. The number of nitrogens with one attached hydrogen (secondary N) is 1. The van der Waals surface area contributed by atoms with Gasteiger partial charge in [-0.15, -0.1) is 0 Å². The minimum Gasteiger partial charge on any atom is -0.310 e. The molecule has 0 amide bonds. The molecule has 9 heavy (non-hydrogen) atoms. The summed E-state index contributed by atoms with van der Waals surface area (Å²) in [6, 6.07) is 0. The van der Waals surface area contributed by atoms with Crippen molar-refractivity contribution in [3.05, 3.63) is 0 Å². The van der Waals surface area contributed by atoms with Gasteiger partial charge in [0.25, 0.3) is 0 Å². The van der Waals surface area contributed by atoms with Gasteiger partial charge in [0.05, 0.1) is 0 Å². The second-order valence-corrected chi connectivity index (χ2v) is 2.67. The van der Waals surface area contributed by atoms with Gasteiger partial charge in [-0.2, -0.15) is 0 Å². The van der Waals surface area contributed by atoms with E-state index in [0.717, 1.165) is 18.1 Å². The molecule has 0 aromatic carbocycles. The Kier molecular flexibility index (Phi) is 4.37. The van der Waals surface area contributed by atoms with Crippen molar-refractivity contribution < 1.29 is 0 Å². The van der Waals surface area contributed by atoms with Gasteiger partial charge < -0.3 is 5.41 Å². The second kappa shape index (κ2) is 4.54. The van der Waals surface area contributed by atoms with Crippen molar-refractivity contribution in [2.45, 2.75) is 40.0 Å². The largest absolute Gasteiger partial charge is 0.310 e. The van der Waals surface area contributed by atoms with E-state index in [1.54, 1.807) is 0 Å². The van der Waals surface area contributed by atoms with Crippen LogP contribution in [0.4, 0.5) is 0 Å². The third-order valence-electron chi connectivity index (χ3n) is 1.75. The standard InChI is InChI=1S/C8H17N/c1-4-8(5-2)6-7(3)9/h8-9H,4-6H2,1-3H3. The topological polar surface area (TPSA) is 23.9 Å². The minimum absolute atomic E-state index is 0.752. The van der Waals surface area contributed by atoms with Crippen LogP contribution in [0.2, 0.25) is 0 Å². The fourth-order valence-electron chi connectivity index (χ4n) is 1.01. The van der Waals surface area contributed by atoms with Gasteiger partial charge >= 0.3 is 0 Å². The van der Waals surface area contributed by atoms with Gasteiger partial charge in [-0.1, -0.05) is 26.7 Å². The summed E-state index contributed by atoms with van der Waals surface area (Å²) < 4.78 is 0. The van der Waals surface area contributed by atoms with E-state index < -0.39 is 0 Å². The quantitative estimate of drug-likeness (QED) is 0.561. The van der Waals surface area contributed by atoms with Crippen molar-refractivity contribution >= 4 is 5.71 Å². The lowest BCUT2D eigenvalue weighted by atomic mass is 9.97. The Labute approximate surface area is 58.0 Å². The monoisotopic (exact) mass is 127 g/mol. The first-order chi connectivity index (χ1) is 4.20. The van der Waals surface area contributed by atoms with E-state index in [-0.39, 0.29) is 0 Å². The average molecular weight is 127 g/mol. The summed E-state index contributed by atoms with van der Waals surface area (Å²) in [5.74, 6) is 0.752. The van der Waals surface area contributed by atoms with Crippen LogP contribution in [0.1, 0.15) is 40.0 Å². The van der Waals surface area contributed by atoms with Gasteiger partial charge in [0, 0.05) is 5.71 Å². The minimum atomic E-state index is 0.752. The molecule has 0 aliphatic carbocycles. The molecule has 0 radical (unpaired) electrons. The van der Waals surface area contributed by atoms with Gasteiger partial charge in [-0.05, 0) is 19.3 Å². The van der Waals surface area contributed by atoms with Crippen molar-refractivity contribution in [1.29, 1.82) is 5.41 Å². The lowest BCUT2D eigenvalue weighted by Crippen LogP contribution is -2.01. The fourth-order valence-corrected chi connectivity index (χ4v) is 1.01. The van der Waals surface area contributed by atoms with Gasteiger partial charge in [0.15, 0.2) is 0 Å². The summed E-state index contributed by atoms with van der Waals surface area (Å²) in [7, 11) is 0.